The smallest absolute Gasteiger partial charge is 0.372 e. The van der Waals surface area contributed by atoms with E-state index in [2.05, 4.69) is 0 Å². The fourth-order valence-corrected chi connectivity index (χ4v) is 5.21. The molecule has 1 atom stereocenters. The summed E-state index contributed by atoms with van der Waals surface area (Å²) in [6.45, 7) is 1.70. The summed E-state index contributed by atoms with van der Waals surface area (Å²) in [5.41, 5.74) is 0.963. The molecular weight excluding hydrogens is 558 g/mol. The van der Waals surface area contributed by atoms with Crippen molar-refractivity contribution in [3.63, 3.8) is 0 Å². The summed E-state index contributed by atoms with van der Waals surface area (Å²) in [5.74, 6) is 0.128. The van der Waals surface area contributed by atoms with Gasteiger partial charge >= 0.3 is 5.97 Å². The molecule has 11 nitrogen and oxygen atoms in total. The van der Waals surface area contributed by atoms with Crippen LogP contribution in [-0.4, -0.2) is 58.7 Å². The van der Waals surface area contributed by atoms with Crippen LogP contribution in [0.3, 0.4) is 0 Å². The number of hydrogen-bond donors (Lipinski definition) is 1. The highest BCUT2D eigenvalue weighted by atomic mass is 16.7. The van der Waals surface area contributed by atoms with Crippen LogP contribution in [0.5, 0.6) is 40.2 Å². The van der Waals surface area contributed by atoms with Crippen molar-refractivity contribution in [3.8, 4) is 40.2 Å². The third kappa shape index (κ3) is 5.53. The number of aromatic nitrogens is 1. The van der Waals surface area contributed by atoms with Crippen molar-refractivity contribution in [3.05, 3.63) is 71.5 Å². The lowest BCUT2D eigenvalue weighted by Crippen LogP contribution is -2.45. The second-order valence-electron chi connectivity index (χ2n) is 9.56. The van der Waals surface area contributed by atoms with E-state index in [4.69, 9.17) is 33.2 Å². The zero-order valence-corrected chi connectivity index (χ0v) is 24.5. The number of carbonyl (C=O) groups excluding carboxylic acids is 2. The summed E-state index contributed by atoms with van der Waals surface area (Å²) in [7, 11) is 6.06. The molecule has 1 aromatic heterocycles. The first-order chi connectivity index (χ1) is 20.8. The normalized spacial score (nSPS) is 12.5. The highest BCUT2D eigenvalue weighted by molar-refractivity contribution is 6.07. The Morgan fingerprint density at radius 1 is 0.860 bits per heavy atom. The van der Waals surface area contributed by atoms with E-state index in [9.17, 15) is 14.7 Å². The number of phenols is 1. The summed E-state index contributed by atoms with van der Waals surface area (Å²) in [4.78, 5) is 27.5. The second kappa shape index (κ2) is 12.4. The molecule has 5 rings (SSSR count). The summed E-state index contributed by atoms with van der Waals surface area (Å²) >= 11 is 0. The van der Waals surface area contributed by atoms with Crippen molar-refractivity contribution in [1.29, 1.82) is 0 Å². The first kappa shape index (κ1) is 29.3. The standard InChI is InChI=1S/C32H31NO10/c1-6-41-29(35)16-33-10-9-18-11-25(39-4)26(40-5)13-20(18)31(33)30(19-7-8-23(37-2)24(12-19)38-3)32(36)21-14-27-28(15-22(21)34)43-17-42-27/h7-15,30H,6,16-17H2,1-5H3/p+1. The number of phenolic OH excluding ortho intramolecular Hbond substituents is 1. The molecule has 1 N–H and O–H groups in total. The molecule has 0 bridgehead atoms. The van der Waals surface area contributed by atoms with Gasteiger partial charge in [-0.1, -0.05) is 6.07 Å². The number of pyridine rings is 1. The van der Waals surface area contributed by atoms with Crippen molar-refractivity contribution < 1.29 is 52.4 Å². The van der Waals surface area contributed by atoms with Gasteiger partial charge in [0.1, 0.15) is 11.7 Å². The maximum absolute atomic E-state index is 14.7. The quantitative estimate of drug-likeness (QED) is 0.155. The molecule has 1 aliphatic rings. The van der Waals surface area contributed by atoms with Gasteiger partial charge in [-0.15, -0.1) is 0 Å². The van der Waals surface area contributed by atoms with Crippen LogP contribution in [0.15, 0.2) is 54.7 Å². The number of benzene rings is 3. The van der Waals surface area contributed by atoms with Crippen molar-refractivity contribution >= 4 is 22.5 Å². The van der Waals surface area contributed by atoms with Gasteiger partial charge in [0.2, 0.25) is 19.0 Å². The lowest BCUT2D eigenvalue weighted by atomic mass is 9.84. The average molecular weight is 591 g/mol. The number of hydrogen-bond acceptors (Lipinski definition) is 10. The first-order valence-corrected chi connectivity index (χ1v) is 13.5. The number of fused-ring (bicyclic) bond motifs is 2. The van der Waals surface area contributed by atoms with E-state index in [0.29, 0.717) is 51.1 Å². The van der Waals surface area contributed by atoms with Gasteiger partial charge in [0.25, 0.3) is 0 Å². The monoisotopic (exact) mass is 590 g/mol. The molecule has 0 saturated heterocycles. The Balaban J connectivity index is 1.83. The molecule has 0 aliphatic carbocycles. The van der Waals surface area contributed by atoms with Crippen LogP contribution in [0.4, 0.5) is 0 Å². The molecule has 1 unspecified atom stereocenters. The van der Waals surface area contributed by atoms with E-state index in [-0.39, 0.29) is 31.3 Å². The number of rotatable bonds is 11. The van der Waals surface area contributed by atoms with Crippen molar-refractivity contribution in [2.75, 3.05) is 41.8 Å². The Bertz CT molecular complexity index is 1700. The highest BCUT2D eigenvalue weighted by Gasteiger charge is 2.37. The Morgan fingerprint density at radius 2 is 1.51 bits per heavy atom. The predicted molar refractivity (Wildman–Crippen MR) is 154 cm³/mol. The fourth-order valence-electron chi connectivity index (χ4n) is 5.21. The summed E-state index contributed by atoms with van der Waals surface area (Å²) in [6.07, 6.45) is 1.71. The molecule has 4 aromatic rings. The minimum Gasteiger partial charge on any atom is -0.507 e. The van der Waals surface area contributed by atoms with E-state index in [0.717, 1.165) is 5.39 Å². The summed E-state index contributed by atoms with van der Waals surface area (Å²) in [6, 6.07) is 13.3. The van der Waals surface area contributed by atoms with Crippen LogP contribution < -0.4 is 33.0 Å². The van der Waals surface area contributed by atoms with Crippen LogP contribution in [0.25, 0.3) is 10.8 Å². The third-order valence-electron chi connectivity index (χ3n) is 7.21. The van der Waals surface area contributed by atoms with Gasteiger partial charge in [-0.3, -0.25) is 4.79 Å². The molecular formula is C32H32NO10+. The van der Waals surface area contributed by atoms with Crippen LogP contribution >= 0.6 is 0 Å². The molecule has 0 fully saturated rings. The molecule has 1 aliphatic heterocycles. The Hall–Kier alpha value is -5.19. The van der Waals surface area contributed by atoms with Gasteiger partial charge in [0.05, 0.1) is 46.0 Å². The molecule has 0 saturated carbocycles. The number of aromatic hydroxyl groups is 1. The van der Waals surface area contributed by atoms with Crippen LogP contribution in [0.1, 0.15) is 34.5 Å². The molecule has 3 aromatic carbocycles. The zero-order chi connectivity index (χ0) is 30.7. The molecule has 0 spiro atoms. The molecule has 0 radical (unpaired) electrons. The number of methoxy groups -OCH3 is 4. The number of carbonyl (C=O) groups is 2. The van der Waals surface area contributed by atoms with Gasteiger partial charge < -0.3 is 38.3 Å². The van der Waals surface area contributed by atoms with Gasteiger partial charge in [0.15, 0.2) is 46.5 Å². The van der Waals surface area contributed by atoms with E-state index in [1.54, 1.807) is 48.0 Å². The van der Waals surface area contributed by atoms with Crippen LogP contribution in [-0.2, 0) is 16.1 Å². The van der Waals surface area contributed by atoms with Gasteiger partial charge in [-0.05, 0) is 48.2 Å². The SMILES string of the molecule is CCOC(=O)C[n+]1ccc2cc(OC)c(OC)cc2c1C(C(=O)c1cc2c(cc1O)OCO2)c1ccc(OC)c(OC)c1. The predicted octanol–water partition coefficient (Wildman–Crippen LogP) is 4.17. The van der Waals surface area contributed by atoms with E-state index < -0.39 is 17.7 Å². The number of nitrogens with zero attached hydrogens (tertiary/aromatic N) is 1. The number of esters is 1. The highest BCUT2D eigenvalue weighted by Crippen LogP contribution is 2.43. The minimum atomic E-state index is -1.07. The van der Waals surface area contributed by atoms with Crippen molar-refractivity contribution in [2.24, 2.45) is 0 Å². The van der Waals surface area contributed by atoms with Crippen LogP contribution in [0, 0.1) is 0 Å². The molecule has 11 heteroatoms. The van der Waals surface area contributed by atoms with Crippen LogP contribution in [0.2, 0.25) is 0 Å². The average Bonchev–Trinajstić information content (AvgIpc) is 3.48. The van der Waals surface area contributed by atoms with Gasteiger partial charge in [-0.25, -0.2) is 4.79 Å². The van der Waals surface area contributed by atoms with E-state index in [1.807, 2.05) is 6.07 Å². The summed E-state index contributed by atoms with van der Waals surface area (Å²) < 4.78 is 40.0. The number of ketones is 1. The lowest BCUT2D eigenvalue weighted by molar-refractivity contribution is -0.692. The molecule has 224 valence electrons. The number of Topliss-reactive ketones (excluding diaryl/α,β-unsaturated/α-hetero) is 1. The molecule has 2 heterocycles. The van der Waals surface area contributed by atoms with E-state index in [1.165, 1.54) is 40.6 Å². The maximum Gasteiger partial charge on any atom is 0.372 e. The van der Waals surface area contributed by atoms with Gasteiger partial charge in [-0.2, -0.15) is 4.57 Å². The Labute approximate surface area is 248 Å². The second-order valence-corrected chi connectivity index (χ2v) is 9.56. The fraction of sp³-hybridized carbons (Fsp3) is 0.281. The Kier molecular flexibility index (Phi) is 8.42. The largest absolute Gasteiger partial charge is 0.507 e. The molecule has 0 amide bonds. The maximum atomic E-state index is 14.7. The number of ether oxygens (including phenoxy) is 7. The van der Waals surface area contributed by atoms with E-state index >= 15 is 0 Å². The Morgan fingerprint density at radius 3 is 2.19 bits per heavy atom. The third-order valence-corrected chi connectivity index (χ3v) is 7.21. The minimum absolute atomic E-state index is 0.00389. The van der Waals surface area contributed by atoms with Gasteiger partial charge in [0, 0.05) is 12.1 Å². The first-order valence-electron chi connectivity index (χ1n) is 13.5. The topological polar surface area (TPSA) is 123 Å². The lowest BCUT2D eigenvalue weighted by Gasteiger charge is -2.20. The molecule has 43 heavy (non-hydrogen) atoms. The van der Waals surface area contributed by atoms with Crippen molar-refractivity contribution in [1.82, 2.24) is 0 Å². The summed E-state index contributed by atoms with van der Waals surface area (Å²) in [5, 5.41) is 12.3. The zero-order valence-electron chi connectivity index (χ0n) is 24.5. The van der Waals surface area contributed by atoms with Crippen molar-refractivity contribution in [2.45, 2.75) is 19.4 Å².